The molecule has 0 radical (unpaired) electrons. The van der Waals surface area contributed by atoms with Crippen LogP contribution in [-0.2, 0) is 14.3 Å². The summed E-state index contributed by atoms with van der Waals surface area (Å²) in [5, 5.41) is 10.2. The third-order valence-corrected chi connectivity index (χ3v) is 11.7. The number of benzene rings is 1. The predicted octanol–water partition coefficient (Wildman–Crippen LogP) is 4.45. The van der Waals surface area contributed by atoms with Crippen LogP contribution in [-0.4, -0.2) is 34.0 Å². The van der Waals surface area contributed by atoms with Gasteiger partial charge in [-0.3, -0.25) is 0 Å². The molecule has 2 atom stereocenters. The highest BCUT2D eigenvalue weighted by Gasteiger charge is 2.41. The second kappa shape index (κ2) is 7.42. The maximum atomic E-state index is 13.1. The van der Waals surface area contributed by atoms with E-state index in [1.165, 1.54) is 6.08 Å². The molecule has 0 aliphatic heterocycles. The normalized spacial score (nSPS) is 22.7. The van der Waals surface area contributed by atoms with Crippen molar-refractivity contribution in [1.82, 2.24) is 0 Å². The first-order valence-corrected chi connectivity index (χ1v) is 13.3. The van der Waals surface area contributed by atoms with Gasteiger partial charge in [0.2, 0.25) is 9.84 Å². The Bertz CT molecular complexity index is 789. The first-order valence-electron chi connectivity index (χ1n) is 8.93. The minimum Gasteiger partial charge on any atom is -0.410 e. The average molecular weight is 395 g/mol. The van der Waals surface area contributed by atoms with Crippen molar-refractivity contribution in [2.75, 3.05) is 0 Å². The molecule has 6 heteroatoms. The van der Waals surface area contributed by atoms with E-state index in [-0.39, 0.29) is 14.8 Å². The van der Waals surface area contributed by atoms with Crippen LogP contribution in [0.15, 0.2) is 58.4 Å². The number of hydrogen-bond acceptors (Lipinski definition) is 4. The molecule has 0 bridgehead atoms. The molecule has 26 heavy (non-hydrogen) atoms. The highest BCUT2D eigenvalue weighted by Crippen LogP contribution is 2.41. The molecule has 0 amide bonds. The molecular formula is C20H30O4SSi. The molecule has 1 aliphatic rings. The first kappa shape index (κ1) is 21.1. The minimum absolute atomic E-state index is 0.000380. The molecule has 1 N–H and O–H groups in total. The monoisotopic (exact) mass is 394 g/mol. The summed E-state index contributed by atoms with van der Waals surface area (Å²) in [4.78, 5) is 0.282. The van der Waals surface area contributed by atoms with E-state index >= 15 is 0 Å². The van der Waals surface area contributed by atoms with Crippen LogP contribution in [0.3, 0.4) is 0 Å². The SMILES string of the molecule is C=C1C(S(=O)(=O)c2ccccc2)=C[C@@H](O)CC[C@@H]1O[Si](C)(C)C(C)(C)C. The number of aliphatic hydroxyl groups is 1. The van der Waals surface area contributed by atoms with Crippen LogP contribution in [0.25, 0.3) is 0 Å². The molecule has 0 saturated carbocycles. The van der Waals surface area contributed by atoms with Crippen LogP contribution >= 0.6 is 0 Å². The lowest BCUT2D eigenvalue weighted by molar-refractivity contribution is 0.167. The van der Waals surface area contributed by atoms with E-state index in [9.17, 15) is 13.5 Å². The third-order valence-electron chi connectivity index (χ3n) is 5.36. The van der Waals surface area contributed by atoms with Crippen molar-refractivity contribution in [3.63, 3.8) is 0 Å². The van der Waals surface area contributed by atoms with Crippen molar-refractivity contribution in [3.05, 3.63) is 53.5 Å². The summed E-state index contributed by atoms with van der Waals surface area (Å²) in [6.07, 6.45) is 1.19. The van der Waals surface area contributed by atoms with Gasteiger partial charge in [-0.25, -0.2) is 8.42 Å². The molecule has 0 saturated heterocycles. The predicted molar refractivity (Wildman–Crippen MR) is 108 cm³/mol. The Labute approximate surface area is 158 Å². The van der Waals surface area contributed by atoms with E-state index in [4.69, 9.17) is 4.43 Å². The van der Waals surface area contributed by atoms with Crippen molar-refractivity contribution in [3.8, 4) is 0 Å². The third kappa shape index (κ3) is 4.36. The second-order valence-corrected chi connectivity index (χ2v) is 15.1. The molecular weight excluding hydrogens is 364 g/mol. The van der Waals surface area contributed by atoms with Gasteiger partial charge in [-0.2, -0.15) is 0 Å². The Balaban J connectivity index is 2.42. The van der Waals surface area contributed by atoms with Crippen LogP contribution in [0.1, 0.15) is 33.6 Å². The highest BCUT2D eigenvalue weighted by molar-refractivity contribution is 7.95. The van der Waals surface area contributed by atoms with Gasteiger partial charge in [0.1, 0.15) is 0 Å². The summed E-state index contributed by atoms with van der Waals surface area (Å²) < 4.78 is 32.7. The summed E-state index contributed by atoms with van der Waals surface area (Å²) in [7, 11) is -5.87. The van der Waals surface area contributed by atoms with Gasteiger partial charge >= 0.3 is 0 Å². The van der Waals surface area contributed by atoms with E-state index in [1.54, 1.807) is 30.3 Å². The molecule has 0 spiro atoms. The number of aliphatic hydroxyl groups excluding tert-OH is 1. The summed E-state index contributed by atoms with van der Waals surface area (Å²) >= 11 is 0. The van der Waals surface area contributed by atoms with Gasteiger partial charge in [-0.1, -0.05) is 45.5 Å². The first-order chi connectivity index (χ1) is 11.9. The van der Waals surface area contributed by atoms with E-state index in [2.05, 4.69) is 40.4 Å². The molecule has 144 valence electrons. The molecule has 0 heterocycles. The molecule has 1 aliphatic carbocycles. The van der Waals surface area contributed by atoms with Crippen LogP contribution in [0.4, 0.5) is 0 Å². The van der Waals surface area contributed by atoms with Crippen LogP contribution in [0, 0.1) is 0 Å². The van der Waals surface area contributed by atoms with E-state index in [1.807, 2.05) is 0 Å². The van der Waals surface area contributed by atoms with Crippen molar-refractivity contribution in [1.29, 1.82) is 0 Å². The lowest BCUT2D eigenvalue weighted by atomic mass is 10.1. The van der Waals surface area contributed by atoms with E-state index in [0.717, 1.165) is 0 Å². The minimum atomic E-state index is -3.75. The van der Waals surface area contributed by atoms with Crippen LogP contribution < -0.4 is 0 Å². The lowest BCUT2D eigenvalue weighted by Crippen LogP contribution is -2.44. The smallest absolute Gasteiger partial charge is 0.206 e. The van der Waals surface area contributed by atoms with Gasteiger partial charge in [-0.15, -0.1) is 0 Å². The number of sulfone groups is 1. The molecule has 0 unspecified atom stereocenters. The summed E-state index contributed by atoms with van der Waals surface area (Å²) in [5.74, 6) is 0. The zero-order chi connectivity index (χ0) is 19.8. The molecule has 2 rings (SSSR count). The van der Waals surface area contributed by atoms with E-state index in [0.29, 0.717) is 18.4 Å². The maximum absolute atomic E-state index is 13.1. The van der Waals surface area contributed by atoms with Crippen LogP contribution in [0.5, 0.6) is 0 Å². The summed E-state index contributed by atoms with van der Waals surface area (Å²) in [6, 6.07) is 8.27. The second-order valence-electron chi connectivity index (χ2n) is 8.38. The van der Waals surface area contributed by atoms with Crippen molar-refractivity contribution in [2.24, 2.45) is 0 Å². The fourth-order valence-electron chi connectivity index (χ4n) is 2.67. The van der Waals surface area contributed by atoms with Crippen molar-refractivity contribution >= 4 is 18.2 Å². The van der Waals surface area contributed by atoms with Crippen LogP contribution in [0.2, 0.25) is 18.1 Å². The molecule has 1 aromatic rings. The quantitative estimate of drug-likeness (QED) is 0.767. The fraction of sp³-hybridized carbons (Fsp3) is 0.500. The maximum Gasteiger partial charge on any atom is 0.206 e. The average Bonchev–Trinajstić information content (AvgIpc) is 2.68. The van der Waals surface area contributed by atoms with Gasteiger partial charge in [0.25, 0.3) is 0 Å². The Morgan fingerprint density at radius 1 is 1.15 bits per heavy atom. The molecule has 0 fully saturated rings. The molecule has 4 nitrogen and oxygen atoms in total. The van der Waals surface area contributed by atoms with Gasteiger partial charge in [0.15, 0.2) is 8.32 Å². The van der Waals surface area contributed by atoms with Gasteiger partial charge in [-0.05, 0) is 54.8 Å². The molecule has 0 aromatic heterocycles. The summed E-state index contributed by atoms with van der Waals surface area (Å²) in [6.45, 7) is 14.8. The van der Waals surface area contributed by atoms with E-state index < -0.39 is 30.4 Å². The number of hydrogen-bond donors (Lipinski definition) is 1. The van der Waals surface area contributed by atoms with Gasteiger partial charge in [0, 0.05) is 0 Å². The lowest BCUT2D eigenvalue weighted by Gasteiger charge is -2.39. The Hall–Kier alpha value is -1.21. The zero-order valence-corrected chi connectivity index (χ0v) is 18.1. The topological polar surface area (TPSA) is 63.6 Å². The molecule has 1 aromatic carbocycles. The highest BCUT2D eigenvalue weighted by atomic mass is 32.2. The largest absolute Gasteiger partial charge is 0.410 e. The van der Waals surface area contributed by atoms with Gasteiger partial charge < -0.3 is 9.53 Å². The Morgan fingerprint density at radius 3 is 2.27 bits per heavy atom. The number of rotatable bonds is 4. The summed E-state index contributed by atoms with van der Waals surface area (Å²) in [5.41, 5.74) is 0.440. The van der Waals surface area contributed by atoms with Crippen molar-refractivity contribution < 1.29 is 18.0 Å². The standard InChI is InChI=1S/C20H30O4SSi/c1-15-18(24-26(5,6)20(2,3)4)13-12-16(21)14-19(15)25(22,23)17-10-8-7-9-11-17/h7-11,14,16,18,21H,1,12-13H2,2-6H3/t16-,18-/m0/s1. The van der Waals surface area contributed by atoms with Gasteiger partial charge in [0.05, 0.1) is 22.0 Å². The Morgan fingerprint density at radius 2 is 1.73 bits per heavy atom. The zero-order valence-electron chi connectivity index (χ0n) is 16.3. The fourth-order valence-corrected chi connectivity index (χ4v) is 5.58. The Kier molecular flexibility index (Phi) is 6.02. The van der Waals surface area contributed by atoms with Crippen molar-refractivity contribution in [2.45, 2.75) is 68.8 Å².